The molecule has 7 heteroatoms. The van der Waals surface area contributed by atoms with Gasteiger partial charge in [0.1, 0.15) is 6.10 Å². The first-order valence-electron chi connectivity index (χ1n) is 9.84. The van der Waals surface area contributed by atoms with Crippen LogP contribution in [0.3, 0.4) is 0 Å². The van der Waals surface area contributed by atoms with Crippen molar-refractivity contribution >= 4 is 17.9 Å². The van der Waals surface area contributed by atoms with Crippen molar-refractivity contribution in [3.63, 3.8) is 0 Å². The summed E-state index contributed by atoms with van der Waals surface area (Å²) in [6.07, 6.45) is 2.20. The minimum atomic E-state index is -0.773. The summed E-state index contributed by atoms with van der Waals surface area (Å²) in [5.41, 5.74) is 0.200. The van der Waals surface area contributed by atoms with Crippen molar-refractivity contribution in [1.29, 1.82) is 0 Å². The third kappa shape index (κ3) is 3.40. The summed E-state index contributed by atoms with van der Waals surface area (Å²) in [7, 11) is 0. The fraction of sp³-hybridized carbons (Fsp3) is 0.762. The Balaban J connectivity index is 2.13. The highest BCUT2D eigenvalue weighted by molar-refractivity contribution is 5.68. The van der Waals surface area contributed by atoms with Crippen molar-refractivity contribution in [2.24, 2.45) is 22.7 Å². The topological polar surface area (TPSA) is 88.1 Å². The van der Waals surface area contributed by atoms with Gasteiger partial charge in [-0.25, -0.2) is 0 Å². The number of ether oxygens (including phenoxy) is 4. The molecule has 2 fully saturated rings. The summed E-state index contributed by atoms with van der Waals surface area (Å²) < 4.78 is 22.6. The van der Waals surface area contributed by atoms with E-state index in [9.17, 15) is 14.4 Å². The summed E-state index contributed by atoms with van der Waals surface area (Å²) in [4.78, 5) is 35.5. The van der Waals surface area contributed by atoms with Crippen LogP contribution in [0, 0.1) is 22.7 Å². The van der Waals surface area contributed by atoms with E-state index >= 15 is 0 Å². The second-order valence-electron chi connectivity index (χ2n) is 9.14. The highest BCUT2D eigenvalue weighted by atomic mass is 16.7. The van der Waals surface area contributed by atoms with Gasteiger partial charge in [-0.3, -0.25) is 14.4 Å². The number of hydrogen-bond donors (Lipinski definition) is 0. The minimum Gasteiger partial charge on any atom is -0.462 e. The second kappa shape index (κ2) is 7.08. The summed E-state index contributed by atoms with van der Waals surface area (Å²) in [5.74, 6) is -1.67. The van der Waals surface area contributed by atoms with Gasteiger partial charge in [-0.15, -0.1) is 0 Å². The van der Waals surface area contributed by atoms with E-state index in [1.807, 2.05) is 0 Å². The van der Waals surface area contributed by atoms with Crippen molar-refractivity contribution in [1.82, 2.24) is 0 Å². The van der Waals surface area contributed by atoms with Crippen LogP contribution in [-0.4, -0.2) is 36.4 Å². The quantitative estimate of drug-likeness (QED) is 0.537. The van der Waals surface area contributed by atoms with Crippen LogP contribution >= 0.6 is 0 Å². The van der Waals surface area contributed by atoms with Gasteiger partial charge in [0, 0.05) is 32.3 Å². The average molecular weight is 394 g/mol. The molecule has 156 valence electrons. The fourth-order valence-corrected chi connectivity index (χ4v) is 5.95. The third-order valence-electron chi connectivity index (χ3n) is 6.60. The molecular weight excluding hydrogens is 364 g/mol. The molecule has 0 bridgehead atoms. The van der Waals surface area contributed by atoms with Crippen LogP contribution in [0.25, 0.3) is 0 Å². The smallest absolute Gasteiger partial charge is 0.305 e. The van der Waals surface area contributed by atoms with Crippen LogP contribution in [0.15, 0.2) is 11.8 Å². The van der Waals surface area contributed by atoms with Gasteiger partial charge < -0.3 is 18.9 Å². The lowest BCUT2D eigenvalue weighted by molar-refractivity contribution is -0.221. The molecule has 2 aliphatic carbocycles. The van der Waals surface area contributed by atoms with E-state index in [1.165, 1.54) is 27.0 Å². The van der Waals surface area contributed by atoms with Crippen LogP contribution in [-0.2, 0) is 33.3 Å². The Hall–Kier alpha value is -2.05. The molecule has 3 aliphatic rings. The molecule has 7 nitrogen and oxygen atoms in total. The minimum absolute atomic E-state index is 0.0936. The van der Waals surface area contributed by atoms with Crippen LogP contribution in [0.4, 0.5) is 0 Å². The maximum absolute atomic E-state index is 12.0. The molecule has 0 aromatic carbocycles. The molecule has 1 heterocycles. The predicted octanol–water partition coefficient (Wildman–Crippen LogP) is 3.12. The van der Waals surface area contributed by atoms with Crippen molar-refractivity contribution in [2.45, 2.75) is 79.3 Å². The molecule has 28 heavy (non-hydrogen) atoms. The van der Waals surface area contributed by atoms with Crippen LogP contribution in [0.5, 0.6) is 0 Å². The fourth-order valence-electron chi connectivity index (χ4n) is 5.95. The van der Waals surface area contributed by atoms with Crippen molar-refractivity contribution in [3.05, 3.63) is 11.8 Å². The summed E-state index contributed by atoms with van der Waals surface area (Å²) in [5, 5.41) is 0. The van der Waals surface area contributed by atoms with Crippen molar-refractivity contribution in [2.75, 3.05) is 0 Å². The van der Waals surface area contributed by atoms with Crippen LogP contribution in [0.2, 0.25) is 0 Å². The molecule has 0 radical (unpaired) electrons. The highest BCUT2D eigenvalue weighted by Gasteiger charge is 2.66. The molecule has 0 spiro atoms. The van der Waals surface area contributed by atoms with Crippen LogP contribution < -0.4 is 0 Å². The Bertz CT molecular complexity index is 710. The Morgan fingerprint density at radius 3 is 2.14 bits per heavy atom. The first-order valence-corrected chi connectivity index (χ1v) is 9.84. The number of rotatable bonds is 3. The predicted molar refractivity (Wildman–Crippen MR) is 98.5 cm³/mol. The Labute approximate surface area is 165 Å². The molecule has 0 amide bonds. The first-order chi connectivity index (χ1) is 13.0. The van der Waals surface area contributed by atoms with Gasteiger partial charge in [-0.2, -0.15) is 0 Å². The zero-order valence-electron chi connectivity index (χ0n) is 17.4. The van der Waals surface area contributed by atoms with Gasteiger partial charge in [-0.05, 0) is 23.7 Å². The second-order valence-corrected chi connectivity index (χ2v) is 9.14. The monoisotopic (exact) mass is 394 g/mol. The standard InChI is InChI=1S/C21H30O7/c1-11(22)26-16-14-10-25-19(28-13(3)24)15(14)21(6)9-7-8-20(4,5)18(21)17(16)27-12(2)23/h10,15-19H,7-9H2,1-6H3/t15-,16+,17-,18+,19+,21-/m1/s1. The van der Waals surface area contributed by atoms with Gasteiger partial charge in [-0.1, -0.05) is 27.2 Å². The van der Waals surface area contributed by atoms with Crippen molar-refractivity contribution in [3.8, 4) is 0 Å². The molecule has 0 aromatic heterocycles. The zero-order chi connectivity index (χ0) is 20.9. The average Bonchev–Trinajstić information content (AvgIpc) is 2.93. The third-order valence-corrected chi connectivity index (χ3v) is 6.60. The molecule has 2 saturated carbocycles. The molecule has 0 N–H and O–H groups in total. The lowest BCUT2D eigenvalue weighted by atomic mass is 9.46. The molecular formula is C21H30O7. The lowest BCUT2D eigenvalue weighted by Crippen LogP contribution is -2.63. The number of hydrogen-bond acceptors (Lipinski definition) is 7. The molecule has 0 unspecified atom stereocenters. The highest BCUT2D eigenvalue weighted by Crippen LogP contribution is 2.64. The van der Waals surface area contributed by atoms with E-state index in [2.05, 4.69) is 20.8 Å². The number of esters is 3. The van der Waals surface area contributed by atoms with Gasteiger partial charge in [0.05, 0.1) is 12.2 Å². The molecule has 1 aliphatic heterocycles. The van der Waals surface area contributed by atoms with Gasteiger partial charge in [0.2, 0.25) is 0 Å². The molecule has 0 saturated heterocycles. The number of carbonyl (C=O) groups is 3. The summed E-state index contributed by atoms with van der Waals surface area (Å²) >= 11 is 0. The van der Waals surface area contributed by atoms with E-state index in [-0.39, 0.29) is 22.7 Å². The van der Waals surface area contributed by atoms with E-state index in [1.54, 1.807) is 0 Å². The van der Waals surface area contributed by atoms with E-state index < -0.39 is 36.4 Å². The van der Waals surface area contributed by atoms with E-state index in [0.29, 0.717) is 5.57 Å². The zero-order valence-corrected chi connectivity index (χ0v) is 17.4. The van der Waals surface area contributed by atoms with Gasteiger partial charge in [0.25, 0.3) is 6.29 Å². The summed E-state index contributed by atoms with van der Waals surface area (Å²) in [6.45, 7) is 10.5. The molecule has 0 aromatic rings. The largest absolute Gasteiger partial charge is 0.462 e. The van der Waals surface area contributed by atoms with Gasteiger partial charge in [0.15, 0.2) is 6.10 Å². The maximum atomic E-state index is 12.0. The maximum Gasteiger partial charge on any atom is 0.305 e. The van der Waals surface area contributed by atoms with Crippen LogP contribution in [0.1, 0.15) is 60.8 Å². The number of carbonyl (C=O) groups excluding carboxylic acids is 3. The lowest BCUT2D eigenvalue weighted by Gasteiger charge is -2.60. The first kappa shape index (κ1) is 20.7. The SMILES string of the molecule is CC(=O)O[C@@H]1OC=C2[C@H]1[C@@]1(C)CCCC(C)(C)[C@@H]1[C@H](OC(C)=O)[C@H]2OC(C)=O. The van der Waals surface area contributed by atoms with E-state index in [0.717, 1.165) is 19.3 Å². The molecule has 6 atom stereocenters. The normalized spacial score (nSPS) is 38.2. The summed E-state index contributed by atoms with van der Waals surface area (Å²) in [6, 6.07) is 0. The van der Waals surface area contributed by atoms with Gasteiger partial charge >= 0.3 is 17.9 Å². The Kier molecular flexibility index (Phi) is 5.23. The molecule has 3 rings (SSSR count). The number of fused-ring (bicyclic) bond motifs is 3. The Morgan fingerprint density at radius 2 is 1.57 bits per heavy atom. The van der Waals surface area contributed by atoms with E-state index in [4.69, 9.17) is 18.9 Å². The van der Waals surface area contributed by atoms with Crippen molar-refractivity contribution < 1.29 is 33.3 Å². The Morgan fingerprint density at radius 1 is 0.964 bits per heavy atom.